The van der Waals surface area contributed by atoms with Crippen molar-refractivity contribution in [3.63, 3.8) is 0 Å². The number of likely N-dealkylation sites (tertiary alicyclic amines) is 1. The van der Waals surface area contributed by atoms with Crippen molar-refractivity contribution in [2.45, 2.75) is 38.5 Å². The summed E-state index contributed by atoms with van der Waals surface area (Å²) in [4.78, 5) is 13.2. The smallest absolute Gasteiger partial charge is 0.378 e. The number of carbonyl (C=O) groups excluding carboxylic acids is 1. The Morgan fingerprint density at radius 2 is 2.06 bits per heavy atom. The van der Waals surface area contributed by atoms with Crippen molar-refractivity contribution in [3.8, 4) is 12.3 Å². The normalized spacial score (nSPS) is 17.6. The second-order valence-corrected chi connectivity index (χ2v) is 4.58. The van der Waals surface area contributed by atoms with Gasteiger partial charge >= 0.3 is 8.05 Å². The number of hydrogen-bond acceptors (Lipinski definition) is 3. The fourth-order valence-corrected chi connectivity index (χ4v) is 2.16. The van der Waals surface area contributed by atoms with Crippen LogP contribution in [0.15, 0.2) is 0 Å². The Kier molecular flexibility index (Phi) is 6.80. The van der Waals surface area contributed by atoms with Gasteiger partial charge in [-0.3, -0.25) is 4.79 Å². The molecule has 2 radical (unpaired) electrons. The second-order valence-electron chi connectivity index (χ2n) is 4.58. The van der Waals surface area contributed by atoms with Crippen LogP contribution in [0.1, 0.15) is 38.5 Å². The van der Waals surface area contributed by atoms with Crippen molar-refractivity contribution < 1.29 is 9.45 Å². The van der Waals surface area contributed by atoms with Crippen molar-refractivity contribution in [1.29, 1.82) is 0 Å². The summed E-state index contributed by atoms with van der Waals surface area (Å²) in [7, 11) is 4.76. The molecular formula is C13H20BNO2. The van der Waals surface area contributed by atoms with E-state index in [1.54, 1.807) is 0 Å². The van der Waals surface area contributed by atoms with Crippen molar-refractivity contribution in [1.82, 2.24) is 4.90 Å². The number of nitrogens with zero attached hydrogens (tertiary/aromatic N) is 1. The SMILES string of the molecule is [B]OC(=O)CCCCCN1CCC(C#C)CC1. The molecule has 0 N–H and O–H groups in total. The molecule has 1 fully saturated rings. The second kappa shape index (κ2) is 8.19. The maximum atomic E-state index is 10.8. The molecule has 4 heteroatoms. The first-order valence-electron chi connectivity index (χ1n) is 6.34. The molecule has 0 aliphatic carbocycles. The molecule has 0 saturated carbocycles. The van der Waals surface area contributed by atoms with Crippen molar-refractivity contribution in [2.75, 3.05) is 19.6 Å². The van der Waals surface area contributed by atoms with E-state index in [0.717, 1.165) is 51.7 Å². The zero-order valence-electron chi connectivity index (χ0n) is 10.4. The highest BCUT2D eigenvalue weighted by molar-refractivity contribution is 6.05. The Hall–Kier alpha value is -0.945. The number of unbranched alkanes of at least 4 members (excludes halogenated alkanes) is 2. The minimum atomic E-state index is -0.320. The van der Waals surface area contributed by atoms with E-state index in [0.29, 0.717) is 12.3 Å². The van der Waals surface area contributed by atoms with Crippen molar-refractivity contribution >= 4 is 14.0 Å². The summed E-state index contributed by atoms with van der Waals surface area (Å²) in [5.41, 5.74) is 0. The summed E-state index contributed by atoms with van der Waals surface area (Å²) in [5.74, 6) is 2.99. The van der Waals surface area contributed by atoms with E-state index in [2.05, 4.69) is 15.5 Å². The zero-order chi connectivity index (χ0) is 12.5. The number of carbonyl (C=O) groups is 1. The van der Waals surface area contributed by atoms with E-state index in [1.807, 2.05) is 0 Å². The summed E-state index contributed by atoms with van der Waals surface area (Å²) in [5, 5.41) is 0. The molecule has 0 amide bonds. The highest BCUT2D eigenvalue weighted by atomic mass is 16.5. The van der Waals surface area contributed by atoms with Gasteiger partial charge in [-0.15, -0.1) is 12.3 Å². The van der Waals surface area contributed by atoms with E-state index < -0.39 is 0 Å². The summed E-state index contributed by atoms with van der Waals surface area (Å²) in [6.07, 6.45) is 11.1. The molecule has 0 spiro atoms. The van der Waals surface area contributed by atoms with E-state index in [-0.39, 0.29) is 5.97 Å². The van der Waals surface area contributed by atoms with Crippen molar-refractivity contribution in [3.05, 3.63) is 0 Å². The molecule has 1 saturated heterocycles. The average Bonchev–Trinajstić information content (AvgIpc) is 2.38. The lowest BCUT2D eigenvalue weighted by molar-refractivity contribution is -0.134. The highest BCUT2D eigenvalue weighted by Gasteiger charge is 2.16. The minimum absolute atomic E-state index is 0.320. The van der Waals surface area contributed by atoms with Gasteiger partial charge in [-0.25, -0.2) is 0 Å². The lowest BCUT2D eigenvalue weighted by Crippen LogP contribution is -2.33. The monoisotopic (exact) mass is 233 g/mol. The lowest BCUT2D eigenvalue weighted by Gasteiger charge is -2.29. The Balaban J connectivity index is 1.97. The van der Waals surface area contributed by atoms with E-state index in [9.17, 15) is 4.79 Å². The van der Waals surface area contributed by atoms with Crippen LogP contribution in [0.25, 0.3) is 0 Å². The maximum absolute atomic E-state index is 10.8. The molecule has 1 heterocycles. The van der Waals surface area contributed by atoms with Gasteiger partial charge < -0.3 is 9.55 Å². The van der Waals surface area contributed by atoms with Crippen LogP contribution in [-0.4, -0.2) is 38.6 Å². The molecule has 0 aromatic rings. The molecular weight excluding hydrogens is 213 g/mol. The van der Waals surface area contributed by atoms with Crippen LogP contribution in [0, 0.1) is 18.3 Å². The molecule has 1 aliphatic rings. The van der Waals surface area contributed by atoms with Gasteiger partial charge in [0.2, 0.25) is 0 Å². The number of terminal acetylenes is 1. The molecule has 0 unspecified atom stereocenters. The predicted molar refractivity (Wildman–Crippen MR) is 68.3 cm³/mol. The predicted octanol–water partition coefficient (Wildman–Crippen LogP) is 1.52. The molecule has 0 bridgehead atoms. The quantitative estimate of drug-likeness (QED) is 0.395. The van der Waals surface area contributed by atoms with Crippen LogP contribution in [0.4, 0.5) is 0 Å². The highest BCUT2D eigenvalue weighted by Crippen LogP contribution is 2.16. The van der Waals surface area contributed by atoms with Gasteiger partial charge in [-0.1, -0.05) is 6.42 Å². The van der Waals surface area contributed by atoms with E-state index in [4.69, 9.17) is 14.5 Å². The fourth-order valence-electron chi connectivity index (χ4n) is 2.16. The molecule has 92 valence electrons. The van der Waals surface area contributed by atoms with Crippen LogP contribution >= 0.6 is 0 Å². The topological polar surface area (TPSA) is 29.5 Å². The third kappa shape index (κ3) is 5.79. The number of rotatable bonds is 6. The van der Waals surface area contributed by atoms with Crippen molar-refractivity contribution in [2.24, 2.45) is 5.92 Å². The summed E-state index contributed by atoms with van der Waals surface area (Å²) < 4.78 is 4.10. The van der Waals surface area contributed by atoms with Crippen LogP contribution < -0.4 is 0 Å². The average molecular weight is 233 g/mol. The fraction of sp³-hybridized carbons (Fsp3) is 0.769. The van der Waals surface area contributed by atoms with Gasteiger partial charge in [-0.2, -0.15) is 0 Å². The Morgan fingerprint density at radius 3 is 2.65 bits per heavy atom. The Bertz CT molecular complexity index is 267. The summed E-state index contributed by atoms with van der Waals surface area (Å²) in [6.45, 7) is 3.33. The first kappa shape index (κ1) is 14.1. The first-order chi connectivity index (χ1) is 8.26. The molecule has 3 nitrogen and oxygen atoms in total. The molecule has 0 atom stereocenters. The van der Waals surface area contributed by atoms with Gasteiger partial charge in [-0.05, 0) is 45.3 Å². The molecule has 1 aliphatic heterocycles. The zero-order valence-corrected chi connectivity index (χ0v) is 10.4. The molecule has 17 heavy (non-hydrogen) atoms. The number of hydrogen-bond donors (Lipinski definition) is 0. The third-order valence-electron chi connectivity index (χ3n) is 3.31. The van der Waals surface area contributed by atoms with Gasteiger partial charge in [0.1, 0.15) is 0 Å². The molecule has 1 rings (SSSR count). The Labute approximate surface area is 105 Å². The third-order valence-corrected chi connectivity index (χ3v) is 3.31. The minimum Gasteiger partial charge on any atom is -0.543 e. The Morgan fingerprint density at radius 1 is 1.35 bits per heavy atom. The summed E-state index contributed by atoms with van der Waals surface area (Å²) >= 11 is 0. The maximum Gasteiger partial charge on any atom is 0.378 e. The van der Waals surface area contributed by atoms with E-state index >= 15 is 0 Å². The number of piperidine rings is 1. The van der Waals surface area contributed by atoms with Gasteiger partial charge in [0.05, 0.1) is 0 Å². The van der Waals surface area contributed by atoms with Gasteiger partial charge in [0, 0.05) is 12.3 Å². The summed E-state index contributed by atoms with van der Waals surface area (Å²) in [6, 6.07) is 0. The largest absolute Gasteiger partial charge is 0.543 e. The molecule has 0 aromatic heterocycles. The lowest BCUT2D eigenvalue weighted by atomic mass is 9.98. The van der Waals surface area contributed by atoms with Gasteiger partial charge in [0.25, 0.3) is 5.97 Å². The van der Waals surface area contributed by atoms with Crippen LogP contribution in [0.3, 0.4) is 0 Å². The van der Waals surface area contributed by atoms with Crippen LogP contribution in [-0.2, 0) is 9.45 Å². The van der Waals surface area contributed by atoms with Crippen LogP contribution in [0.2, 0.25) is 0 Å². The van der Waals surface area contributed by atoms with E-state index in [1.165, 1.54) is 0 Å². The van der Waals surface area contributed by atoms with Gasteiger partial charge in [0.15, 0.2) is 0 Å². The molecule has 0 aromatic carbocycles. The first-order valence-corrected chi connectivity index (χ1v) is 6.34. The van der Waals surface area contributed by atoms with Crippen LogP contribution in [0.5, 0.6) is 0 Å². The standard InChI is InChI=1S/C13H20BNO2/c1-2-12-7-10-15(11-8-12)9-5-3-4-6-13(16)17-14/h1,12H,3-11H2.